The lowest BCUT2D eigenvalue weighted by Gasteiger charge is -2.15. The monoisotopic (exact) mass is 368 g/mol. The van der Waals surface area contributed by atoms with Crippen LogP contribution < -0.4 is 20.1 Å². The minimum Gasteiger partial charge on any atom is -0.497 e. The molecule has 2 aromatic rings. The topological polar surface area (TPSA) is 77.4 Å². The molecule has 0 fully saturated rings. The van der Waals surface area contributed by atoms with E-state index in [4.69, 9.17) is 9.47 Å². The summed E-state index contributed by atoms with van der Waals surface area (Å²) in [6.45, 7) is 0.501. The third-order valence-electron chi connectivity index (χ3n) is 3.79. The van der Waals surface area contributed by atoms with E-state index in [0.29, 0.717) is 13.0 Å². The van der Waals surface area contributed by atoms with Crippen molar-refractivity contribution in [3.05, 3.63) is 41.7 Å². The van der Waals surface area contributed by atoms with Gasteiger partial charge in [-0.25, -0.2) is 0 Å². The summed E-state index contributed by atoms with van der Waals surface area (Å²) in [6, 6.07) is 5.20. The molecule has 2 N–H and O–H groups in total. The van der Waals surface area contributed by atoms with Crippen LogP contribution in [0.2, 0.25) is 0 Å². The van der Waals surface area contributed by atoms with Crippen molar-refractivity contribution in [3.63, 3.8) is 0 Å². The second-order valence-corrected chi connectivity index (χ2v) is 5.39. The molecule has 1 amide bonds. The van der Waals surface area contributed by atoms with Gasteiger partial charge in [-0.1, -0.05) is 0 Å². The number of benzene rings is 1. The highest BCUT2D eigenvalue weighted by Gasteiger charge is 2.19. The number of rotatable bonds is 8. The third-order valence-corrected chi connectivity index (χ3v) is 3.79. The van der Waals surface area contributed by atoms with Crippen LogP contribution in [-0.4, -0.2) is 43.5 Å². The van der Waals surface area contributed by atoms with Gasteiger partial charge in [0.15, 0.2) is 0 Å². The molecule has 7 nitrogen and oxygen atoms in total. The Balaban J connectivity index is 0.00000312. The molecular weight excluding hydrogens is 344 g/mol. The summed E-state index contributed by atoms with van der Waals surface area (Å²) in [7, 11) is 6.83. The molecule has 0 bridgehead atoms. The van der Waals surface area contributed by atoms with Gasteiger partial charge in [0, 0.05) is 25.4 Å². The predicted molar refractivity (Wildman–Crippen MR) is 98.5 cm³/mol. The molecule has 0 radical (unpaired) electrons. The van der Waals surface area contributed by atoms with Crippen LogP contribution in [0.15, 0.2) is 30.6 Å². The van der Waals surface area contributed by atoms with Gasteiger partial charge < -0.3 is 20.1 Å². The number of halogens is 1. The Hall–Kier alpha value is -2.25. The first-order chi connectivity index (χ1) is 11.6. The van der Waals surface area contributed by atoms with E-state index in [1.807, 2.05) is 31.4 Å². The summed E-state index contributed by atoms with van der Waals surface area (Å²) in [5.74, 6) is 1.45. The number of aryl methyl sites for hydroxylation is 1. The molecule has 1 aromatic carbocycles. The molecule has 0 spiro atoms. The molecule has 0 aliphatic carbocycles. The van der Waals surface area contributed by atoms with Crippen molar-refractivity contribution in [3.8, 4) is 11.5 Å². The van der Waals surface area contributed by atoms with Crippen LogP contribution in [0.1, 0.15) is 17.2 Å². The van der Waals surface area contributed by atoms with Gasteiger partial charge in [0.2, 0.25) is 5.91 Å². The number of hydrogen-bond acceptors (Lipinski definition) is 5. The number of aromatic nitrogens is 2. The maximum absolute atomic E-state index is 12.4. The molecular formula is C17H25ClN4O3. The van der Waals surface area contributed by atoms with Crippen LogP contribution in [0.5, 0.6) is 11.5 Å². The Morgan fingerprint density at radius 2 is 2.08 bits per heavy atom. The second-order valence-electron chi connectivity index (χ2n) is 5.39. The van der Waals surface area contributed by atoms with Gasteiger partial charge in [0.1, 0.15) is 17.5 Å². The van der Waals surface area contributed by atoms with Crippen molar-refractivity contribution < 1.29 is 14.3 Å². The molecule has 25 heavy (non-hydrogen) atoms. The Labute approximate surface area is 154 Å². The van der Waals surface area contributed by atoms with E-state index in [1.54, 1.807) is 32.1 Å². The van der Waals surface area contributed by atoms with Crippen LogP contribution >= 0.6 is 12.4 Å². The van der Waals surface area contributed by atoms with E-state index in [0.717, 1.165) is 22.6 Å². The van der Waals surface area contributed by atoms with Crippen molar-refractivity contribution >= 4 is 18.3 Å². The molecule has 1 unspecified atom stereocenters. The number of likely N-dealkylation sites (N-methyl/N-ethyl adjacent to an activating group) is 1. The normalized spacial score (nSPS) is 11.4. The van der Waals surface area contributed by atoms with E-state index < -0.39 is 6.04 Å². The molecule has 8 heteroatoms. The fraction of sp³-hybridized carbons (Fsp3) is 0.412. The number of carbonyl (C=O) groups is 1. The molecule has 0 saturated heterocycles. The molecule has 1 heterocycles. The highest BCUT2D eigenvalue weighted by molar-refractivity contribution is 5.85. The highest BCUT2D eigenvalue weighted by Crippen LogP contribution is 2.24. The Morgan fingerprint density at radius 3 is 2.64 bits per heavy atom. The molecule has 0 aliphatic rings. The number of ether oxygens (including phenoxy) is 2. The summed E-state index contributed by atoms with van der Waals surface area (Å²) >= 11 is 0. The van der Waals surface area contributed by atoms with Crippen molar-refractivity contribution in [2.24, 2.45) is 7.05 Å². The zero-order valence-electron chi connectivity index (χ0n) is 14.9. The Bertz CT molecular complexity index is 690. The zero-order valence-corrected chi connectivity index (χ0v) is 15.7. The van der Waals surface area contributed by atoms with E-state index in [-0.39, 0.29) is 18.3 Å². The van der Waals surface area contributed by atoms with E-state index in [9.17, 15) is 4.79 Å². The standard InChI is InChI=1S/C17H24N4O3.ClH/c1-18-16(13-10-20-21(2)11-13)17(22)19-8-7-12-9-14(23-3)5-6-15(12)24-4;/h5-6,9-11,16,18H,7-8H2,1-4H3,(H,19,22);1H. The number of nitrogens with one attached hydrogen (secondary N) is 2. The lowest BCUT2D eigenvalue weighted by molar-refractivity contribution is -0.123. The summed E-state index contributed by atoms with van der Waals surface area (Å²) in [6.07, 6.45) is 4.16. The number of carbonyl (C=O) groups excluding carboxylic acids is 1. The minimum absolute atomic E-state index is 0. The van der Waals surface area contributed by atoms with Gasteiger partial charge in [-0.2, -0.15) is 5.10 Å². The highest BCUT2D eigenvalue weighted by atomic mass is 35.5. The fourth-order valence-corrected chi connectivity index (χ4v) is 2.54. The SMILES string of the molecule is CNC(C(=O)NCCc1cc(OC)ccc1OC)c1cnn(C)c1.Cl. The number of amides is 1. The number of hydrogen-bond donors (Lipinski definition) is 2. The molecule has 1 atom stereocenters. The first-order valence-corrected chi connectivity index (χ1v) is 7.73. The van der Waals surface area contributed by atoms with Gasteiger partial charge in [-0.05, 0) is 37.2 Å². The van der Waals surface area contributed by atoms with E-state index >= 15 is 0 Å². The van der Waals surface area contributed by atoms with Gasteiger partial charge in [-0.15, -0.1) is 12.4 Å². The Morgan fingerprint density at radius 1 is 1.32 bits per heavy atom. The van der Waals surface area contributed by atoms with Crippen LogP contribution in [0.4, 0.5) is 0 Å². The average Bonchev–Trinajstić information content (AvgIpc) is 3.01. The van der Waals surface area contributed by atoms with Crippen LogP contribution in [0.3, 0.4) is 0 Å². The molecule has 0 saturated carbocycles. The van der Waals surface area contributed by atoms with Crippen molar-refractivity contribution in [1.82, 2.24) is 20.4 Å². The lowest BCUT2D eigenvalue weighted by atomic mass is 10.1. The summed E-state index contributed by atoms with van der Waals surface area (Å²) in [5.41, 5.74) is 1.82. The maximum atomic E-state index is 12.4. The first-order valence-electron chi connectivity index (χ1n) is 7.73. The third kappa shape index (κ3) is 5.37. The summed E-state index contributed by atoms with van der Waals surface area (Å²) in [5, 5.41) is 10.1. The predicted octanol–water partition coefficient (Wildman–Crippen LogP) is 1.48. The van der Waals surface area contributed by atoms with Gasteiger partial charge in [0.05, 0.1) is 20.4 Å². The summed E-state index contributed by atoms with van der Waals surface area (Å²) in [4.78, 5) is 12.4. The molecule has 0 aliphatic heterocycles. The number of methoxy groups -OCH3 is 2. The van der Waals surface area contributed by atoms with Crippen LogP contribution in [0.25, 0.3) is 0 Å². The van der Waals surface area contributed by atoms with Gasteiger partial charge >= 0.3 is 0 Å². The lowest BCUT2D eigenvalue weighted by Crippen LogP contribution is -2.36. The smallest absolute Gasteiger partial charge is 0.241 e. The zero-order chi connectivity index (χ0) is 17.5. The largest absolute Gasteiger partial charge is 0.497 e. The van der Waals surface area contributed by atoms with Crippen molar-refractivity contribution in [2.45, 2.75) is 12.5 Å². The van der Waals surface area contributed by atoms with E-state index in [1.165, 1.54) is 0 Å². The van der Waals surface area contributed by atoms with Gasteiger partial charge in [0.25, 0.3) is 0 Å². The fourth-order valence-electron chi connectivity index (χ4n) is 2.54. The van der Waals surface area contributed by atoms with Crippen molar-refractivity contribution in [1.29, 1.82) is 0 Å². The Kier molecular flexibility index (Phi) is 8.24. The molecule has 138 valence electrons. The molecule has 1 aromatic heterocycles. The number of nitrogens with zero attached hydrogens (tertiary/aromatic N) is 2. The quantitative estimate of drug-likeness (QED) is 0.738. The van der Waals surface area contributed by atoms with Crippen LogP contribution in [-0.2, 0) is 18.3 Å². The van der Waals surface area contributed by atoms with Crippen LogP contribution in [0, 0.1) is 0 Å². The van der Waals surface area contributed by atoms with Crippen molar-refractivity contribution in [2.75, 3.05) is 27.8 Å². The average molecular weight is 369 g/mol. The van der Waals surface area contributed by atoms with Gasteiger partial charge in [-0.3, -0.25) is 9.48 Å². The summed E-state index contributed by atoms with van der Waals surface area (Å²) < 4.78 is 12.3. The van der Waals surface area contributed by atoms with E-state index in [2.05, 4.69) is 15.7 Å². The minimum atomic E-state index is -0.425. The first kappa shape index (κ1) is 20.8. The maximum Gasteiger partial charge on any atom is 0.241 e. The second kappa shape index (κ2) is 9.90. The molecule has 2 rings (SSSR count).